The maximum absolute atomic E-state index is 12.6. The predicted octanol–water partition coefficient (Wildman–Crippen LogP) is 4.85. The van der Waals surface area contributed by atoms with Crippen LogP contribution in [0.5, 0.6) is 0 Å². The second-order valence-corrected chi connectivity index (χ2v) is 7.74. The Hall–Kier alpha value is -2.73. The van der Waals surface area contributed by atoms with Gasteiger partial charge in [0.15, 0.2) is 0 Å². The van der Waals surface area contributed by atoms with E-state index >= 15 is 0 Å². The van der Waals surface area contributed by atoms with Crippen LogP contribution in [-0.2, 0) is 11.2 Å². The van der Waals surface area contributed by atoms with Gasteiger partial charge < -0.3 is 10.2 Å². The molecule has 0 aliphatic heterocycles. The number of carbonyl (C=O) groups excluding carboxylic acids is 1. The Labute approximate surface area is 170 Å². The highest BCUT2D eigenvalue weighted by Crippen LogP contribution is 2.28. The van der Waals surface area contributed by atoms with Crippen LogP contribution < -0.4 is 10.2 Å². The number of aryl methyl sites for hydroxylation is 2. The summed E-state index contributed by atoms with van der Waals surface area (Å²) in [5.41, 5.74) is 5.03. The van der Waals surface area contributed by atoms with Crippen molar-refractivity contribution in [2.75, 3.05) is 23.3 Å². The summed E-state index contributed by atoms with van der Waals surface area (Å²) in [5, 5.41) is 3.97. The maximum atomic E-state index is 12.6. The van der Waals surface area contributed by atoms with Crippen LogP contribution in [0.25, 0.3) is 10.6 Å². The number of hydrogen-bond donors (Lipinski definition) is 1. The lowest BCUT2D eigenvalue weighted by atomic mass is 10.1. The highest BCUT2D eigenvalue weighted by atomic mass is 32.1. The summed E-state index contributed by atoms with van der Waals surface area (Å²) in [6.45, 7) is 10.2. The van der Waals surface area contributed by atoms with Gasteiger partial charge in [0, 0.05) is 47.3 Å². The average molecular weight is 395 g/mol. The van der Waals surface area contributed by atoms with Crippen LogP contribution in [0.1, 0.15) is 30.0 Å². The van der Waals surface area contributed by atoms with E-state index in [1.165, 1.54) is 5.69 Å². The molecule has 0 fully saturated rings. The summed E-state index contributed by atoms with van der Waals surface area (Å²) >= 11 is 1.56. The summed E-state index contributed by atoms with van der Waals surface area (Å²) in [6.07, 6.45) is 3.83. The standard InChI is InChI=1S/C22H26N4OS/c1-5-26(6-2)18-7-8-19(15(3)13-18)25-21(27)14-20-16(4)24-22(28-20)17-9-11-23-12-10-17/h7-13H,5-6,14H2,1-4H3,(H,25,27). The van der Waals surface area contributed by atoms with Crippen LogP contribution in [0.3, 0.4) is 0 Å². The van der Waals surface area contributed by atoms with Crippen molar-refractivity contribution in [1.29, 1.82) is 0 Å². The van der Waals surface area contributed by atoms with E-state index in [0.717, 1.165) is 45.5 Å². The fourth-order valence-corrected chi connectivity index (χ4v) is 4.19. The topological polar surface area (TPSA) is 58.1 Å². The monoisotopic (exact) mass is 394 g/mol. The number of carbonyl (C=O) groups is 1. The van der Waals surface area contributed by atoms with E-state index in [2.05, 4.69) is 46.2 Å². The molecule has 0 atom stereocenters. The fraction of sp³-hybridized carbons (Fsp3) is 0.318. The van der Waals surface area contributed by atoms with Crippen LogP contribution in [-0.4, -0.2) is 29.0 Å². The quantitative estimate of drug-likeness (QED) is 0.622. The molecule has 1 amide bonds. The lowest BCUT2D eigenvalue weighted by Gasteiger charge is -2.22. The zero-order valence-electron chi connectivity index (χ0n) is 16.8. The number of benzene rings is 1. The number of pyridine rings is 1. The molecule has 0 saturated carbocycles. The van der Waals surface area contributed by atoms with Crippen LogP contribution in [0.4, 0.5) is 11.4 Å². The third-order valence-corrected chi connectivity index (χ3v) is 5.96. The highest BCUT2D eigenvalue weighted by Gasteiger charge is 2.14. The molecule has 2 heterocycles. The number of thiazole rings is 1. The van der Waals surface area contributed by atoms with Crippen molar-refractivity contribution in [3.05, 3.63) is 58.9 Å². The minimum atomic E-state index is -0.0216. The lowest BCUT2D eigenvalue weighted by Crippen LogP contribution is -2.22. The average Bonchev–Trinajstić information content (AvgIpc) is 3.06. The van der Waals surface area contributed by atoms with E-state index < -0.39 is 0 Å². The molecule has 3 aromatic rings. The molecule has 0 radical (unpaired) electrons. The summed E-state index contributed by atoms with van der Waals surface area (Å²) in [5.74, 6) is -0.0216. The molecule has 5 nitrogen and oxygen atoms in total. The molecule has 0 bridgehead atoms. The summed E-state index contributed by atoms with van der Waals surface area (Å²) < 4.78 is 0. The van der Waals surface area contributed by atoms with Gasteiger partial charge >= 0.3 is 0 Å². The van der Waals surface area contributed by atoms with Gasteiger partial charge in [0.25, 0.3) is 0 Å². The zero-order valence-corrected chi connectivity index (χ0v) is 17.6. The second kappa shape index (κ2) is 8.97. The maximum Gasteiger partial charge on any atom is 0.229 e. The third kappa shape index (κ3) is 4.57. The molecule has 1 N–H and O–H groups in total. The first-order valence-corrected chi connectivity index (χ1v) is 10.4. The number of amides is 1. The van der Waals surface area contributed by atoms with Crippen molar-refractivity contribution in [2.24, 2.45) is 0 Å². The Bertz CT molecular complexity index is 948. The van der Waals surface area contributed by atoms with E-state index in [1.54, 1.807) is 23.7 Å². The van der Waals surface area contributed by atoms with Crippen LogP contribution in [0, 0.1) is 13.8 Å². The Morgan fingerprint density at radius 1 is 1.11 bits per heavy atom. The van der Waals surface area contributed by atoms with Gasteiger partial charge in [-0.05, 0) is 63.6 Å². The molecule has 0 saturated heterocycles. The van der Waals surface area contributed by atoms with Gasteiger partial charge in [0.1, 0.15) is 5.01 Å². The van der Waals surface area contributed by atoms with E-state index in [9.17, 15) is 4.79 Å². The van der Waals surface area contributed by atoms with E-state index in [4.69, 9.17) is 0 Å². The van der Waals surface area contributed by atoms with Gasteiger partial charge in [0.2, 0.25) is 5.91 Å². The second-order valence-electron chi connectivity index (χ2n) is 6.66. The number of nitrogens with zero attached hydrogens (tertiary/aromatic N) is 3. The SMILES string of the molecule is CCN(CC)c1ccc(NC(=O)Cc2sc(-c3ccncc3)nc2C)c(C)c1. The molecule has 6 heteroatoms. The minimum Gasteiger partial charge on any atom is -0.372 e. The molecule has 0 spiro atoms. The van der Waals surface area contributed by atoms with Gasteiger partial charge in [0.05, 0.1) is 12.1 Å². The van der Waals surface area contributed by atoms with Crippen LogP contribution in [0.15, 0.2) is 42.7 Å². The third-order valence-electron chi connectivity index (χ3n) is 4.75. The first kappa shape index (κ1) is 20.0. The molecule has 146 valence electrons. The van der Waals surface area contributed by atoms with Gasteiger partial charge in [-0.15, -0.1) is 11.3 Å². The molecular formula is C22H26N4OS. The van der Waals surface area contributed by atoms with Crippen molar-refractivity contribution in [2.45, 2.75) is 34.1 Å². The number of hydrogen-bond acceptors (Lipinski definition) is 5. The minimum absolute atomic E-state index is 0.0216. The van der Waals surface area contributed by atoms with Crippen molar-refractivity contribution >= 4 is 28.6 Å². The molecule has 0 unspecified atom stereocenters. The first-order valence-electron chi connectivity index (χ1n) is 9.54. The molecule has 28 heavy (non-hydrogen) atoms. The molecule has 1 aromatic carbocycles. The fourth-order valence-electron chi connectivity index (χ4n) is 3.12. The summed E-state index contributed by atoms with van der Waals surface area (Å²) in [6, 6.07) is 10.0. The smallest absolute Gasteiger partial charge is 0.229 e. The molecule has 3 rings (SSSR count). The number of rotatable bonds is 7. The molecular weight excluding hydrogens is 368 g/mol. The van der Waals surface area contributed by atoms with E-state index in [-0.39, 0.29) is 5.91 Å². The van der Waals surface area contributed by atoms with Gasteiger partial charge in [-0.25, -0.2) is 4.98 Å². The largest absolute Gasteiger partial charge is 0.372 e. The van der Waals surface area contributed by atoms with Gasteiger partial charge in [-0.3, -0.25) is 9.78 Å². The normalized spacial score (nSPS) is 10.7. The Morgan fingerprint density at radius 2 is 1.82 bits per heavy atom. The van der Waals surface area contributed by atoms with Crippen molar-refractivity contribution in [3.63, 3.8) is 0 Å². The Kier molecular flexibility index (Phi) is 6.41. The number of anilines is 2. The Balaban J connectivity index is 1.70. The molecule has 0 aliphatic carbocycles. The Morgan fingerprint density at radius 3 is 2.46 bits per heavy atom. The zero-order chi connectivity index (χ0) is 20.1. The van der Waals surface area contributed by atoms with E-state index in [1.807, 2.05) is 32.0 Å². The van der Waals surface area contributed by atoms with Crippen LogP contribution in [0.2, 0.25) is 0 Å². The van der Waals surface area contributed by atoms with Gasteiger partial charge in [-0.1, -0.05) is 0 Å². The van der Waals surface area contributed by atoms with Gasteiger partial charge in [-0.2, -0.15) is 0 Å². The first-order chi connectivity index (χ1) is 13.5. The van der Waals surface area contributed by atoms with E-state index in [0.29, 0.717) is 6.42 Å². The van der Waals surface area contributed by atoms with Crippen molar-refractivity contribution < 1.29 is 4.79 Å². The van der Waals surface area contributed by atoms with Crippen molar-refractivity contribution in [1.82, 2.24) is 9.97 Å². The number of aromatic nitrogens is 2. The number of nitrogens with one attached hydrogen (secondary N) is 1. The summed E-state index contributed by atoms with van der Waals surface area (Å²) in [4.78, 5) is 24.5. The summed E-state index contributed by atoms with van der Waals surface area (Å²) in [7, 11) is 0. The highest BCUT2D eigenvalue weighted by molar-refractivity contribution is 7.15. The van der Waals surface area contributed by atoms with Crippen molar-refractivity contribution in [3.8, 4) is 10.6 Å². The predicted molar refractivity (Wildman–Crippen MR) is 117 cm³/mol. The molecule has 2 aromatic heterocycles. The molecule has 0 aliphatic rings. The van der Waals surface area contributed by atoms with Crippen LogP contribution >= 0.6 is 11.3 Å². The lowest BCUT2D eigenvalue weighted by molar-refractivity contribution is -0.115.